The maximum absolute atomic E-state index is 11.8. The molecule has 152 valence electrons. The van der Waals surface area contributed by atoms with E-state index >= 15 is 0 Å². The normalized spacial score (nSPS) is 27.5. The van der Waals surface area contributed by atoms with Gasteiger partial charge in [0, 0.05) is 31.5 Å². The molecule has 6 rings (SSSR count). The van der Waals surface area contributed by atoms with Gasteiger partial charge in [-0.1, -0.05) is 66.7 Å². The topological polar surface area (TPSA) is 23.5 Å². The monoisotopic (exact) mass is 395 g/mol. The number of aliphatic hydroxyl groups is 1. The van der Waals surface area contributed by atoms with E-state index < -0.39 is 5.60 Å². The summed E-state index contributed by atoms with van der Waals surface area (Å²) in [5.74, 6) is 0.454. The lowest BCUT2D eigenvalue weighted by molar-refractivity contribution is -0.0575. The van der Waals surface area contributed by atoms with E-state index in [4.69, 9.17) is 0 Å². The molecule has 2 nitrogen and oxygen atoms in total. The Morgan fingerprint density at radius 1 is 0.867 bits per heavy atom. The number of hydrogen-bond donors (Lipinski definition) is 1. The molecule has 3 aromatic carbocycles. The SMILES string of the molecule is Cc1ccccc1[C@@]1(O)CCN2C[C@@H]3c4ccccc4CCc4cccc(c43)[C@H]2C1. The molecule has 3 aliphatic rings. The van der Waals surface area contributed by atoms with Gasteiger partial charge in [0.25, 0.3) is 0 Å². The molecular weight excluding hydrogens is 366 g/mol. The number of benzene rings is 3. The van der Waals surface area contributed by atoms with Crippen molar-refractivity contribution in [3.63, 3.8) is 0 Å². The van der Waals surface area contributed by atoms with E-state index in [0.717, 1.165) is 44.3 Å². The highest BCUT2D eigenvalue weighted by molar-refractivity contribution is 5.51. The first-order valence-corrected chi connectivity index (χ1v) is 11.4. The average Bonchev–Trinajstić information content (AvgIpc) is 2.93. The molecule has 1 fully saturated rings. The summed E-state index contributed by atoms with van der Waals surface area (Å²) in [5.41, 5.74) is 9.11. The summed E-state index contributed by atoms with van der Waals surface area (Å²) >= 11 is 0. The lowest BCUT2D eigenvalue weighted by Crippen LogP contribution is -2.48. The molecule has 0 unspecified atom stereocenters. The zero-order valence-corrected chi connectivity index (χ0v) is 17.6. The first-order chi connectivity index (χ1) is 14.6. The van der Waals surface area contributed by atoms with Crippen LogP contribution in [0.3, 0.4) is 0 Å². The number of piperidine rings is 1. The van der Waals surface area contributed by atoms with Crippen molar-refractivity contribution in [3.05, 3.63) is 106 Å². The van der Waals surface area contributed by atoms with E-state index in [-0.39, 0.29) is 0 Å². The predicted octanol–water partition coefficient (Wildman–Crippen LogP) is 5.26. The molecule has 0 amide bonds. The van der Waals surface area contributed by atoms with E-state index in [1.54, 1.807) is 5.56 Å². The number of fused-ring (bicyclic) bond motifs is 4. The van der Waals surface area contributed by atoms with Crippen molar-refractivity contribution in [3.8, 4) is 0 Å². The highest BCUT2D eigenvalue weighted by Gasteiger charge is 2.45. The van der Waals surface area contributed by atoms with Gasteiger partial charge in [0.2, 0.25) is 0 Å². The summed E-state index contributed by atoms with van der Waals surface area (Å²) in [7, 11) is 0. The van der Waals surface area contributed by atoms with Gasteiger partial charge in [-0.25, -0.2) is 0 Å². The number of aryl methyl sites for hydroxylation is 3. The molecule has 1 saturated heterocycles. The van der Waals surface area contributed by atoms with E-state index in [1.165, 1.54) is 27.8 Å². The fraction of sp³-hybridized carbons (Fsp3) is 0.357. The molecule has 0 spiro atoms. The second-order valence-electron chi connectivity index (χ2n) is 9.48. The quantitative estimate of drug-likeness (QED) is 0.607. The smallest absolute Gasteiger partial charge is 0.0929 e. The largest absolute Gasteiger partial charge is 0.385 e. The maximum atomic E-state index is 11.8. The fourth-order valence-electron chi connectivity index (χ4n) is 6.42. The van der Waals surface area contributed by atoms with Crippen LogP contribution in [0.25, 0.3) is 0 Å². The molecule has 30 heavy (non-hydrogen) atoms. The molecule has 0 bridgehead atoms. The molecule has 2 heteroatoms. The summed E-state index contributed by atoms with van der Waals surface area (Å²) in [5, 5.41) is 11.8. The minimum atomic E-state index is -0.745. The molecule has 0 radical (unpaired) electrons. The van der Waals surface area contributed by atoms with Crippen LogP contribution < -0.4 is 0 Å². The minimum absolute atomic E-state index is 0.291. The number of rotatable bonds is 1. The molecule has 1 N–H and O–H groups in total. The Kier molecular flexibility index (Phi) is 4.16. The molecule has 1 aliphatic carbocycles. The second kappa shape index (κ2) is 6.80. The zero-order chi connectivity index (χ0) is 20.3. The van der Waals surface area contributed by atoms with Gasteiger partial charge in [-0.2, -0.15) is 0 Å². The van der Waals surface area contributed by atoms with Gasteiger partial charge in [0.1, 0.15) is 0 Å². The number of hydrogen-bond acceptors (Lipinski definition) is 2. The summed E-state index contributed by atoms with van der Waals surface area (Å²) < 4.78 is 0. The fourth-order valence-corrected chi connectivity index (χ4v) is 6.42. The highest BCUT2D eigenvalue weighted by Crippen LogP contribution is 2.50. The van der Waals surface area contributed by atoms with Crippen LogP contribution in [0, 0.1) is 6.92 Å². The molecule has 0 saturated carbocycles. The van der Waals surface area contributed by atoms with E-state index in [2.05, 4.69) is 78.6 Å². The van der Waals surface area contributed by atoms with E-state index in [1.807, 2.05) is 0 Å². The van der Waals surface area contributed by atoms with Gasteiger partial charge >= 0.3 is 0 Å². The van der Waals surface area contributed by atoms with Gasteiger partial charge in [0.05, 0.1) is 5.60 Å². The lowest BCUT2D eigenvalue weighted by Gasteiger charge is -2.50. The van der Waals surface area contributed by atoms with Crippen molar-refractivity contribution in [2.75, 3.05) is 13.1 Å². The molecule has 0 aromatic heterocycles. The summed E-state index contributed by atoms with van der Waals surface area (Å²) in [6.07, 6.45) is 3.83. The summed E-state index contributed by atoms with van der Waals surface area (Å²) in [6.45, 7) is 4.13. The number of nitrogens with zero attached hydrogens (tertiary/aromatic N) is 1. The van der Waals surface area contributed by atoms with Crippen LogP contribution in [-0.2, 0) is 18.4 Å². The highest BCUT2D eigenvalue weighted by atomic mass is 16.3. The Morgan fingerprint density at radius 3 is 2.50 bits per heavy atom. The average molecular weight is 396 g/mol. The van der Waals surface area contributed by atoms with Gasteiger partial charge < -0.3 is 5.11 Å². The first-order valence-electron chi connectivity index (χ1n) is 11.4. The van der Waals surface area contributed by atoms with Crippen LogP contribution in [0.4, 0.5) is 0 Å². The molecule has 3 atom stereocenters. The summed E-state index contributed by atoms with van der Waals surface area (Å²) in [6, 6.07) is 24.6. The zero-order valence-electron chi connectivity index (χ0n) is 17.6. The van der Waals surface area contributed by atoms with Crippen LogP contribution in [0.1, 0.15) is 63.7 Å². The van der Waals surface area contributed by atoms with Crippen LogP contribution in [0.15, 0.2) is 66.7 Å². The Morgan fingerprint density at radius 2 is 1.60 bits per heavy atom. The third-order valence-corrected chi connectivity index (χ3v) is 7.88. The van der Waals surface area contributed by atoms with Gasteiger partial charge in [-0.3, -0.25) is 4.90 Å². The van der Waals surface area contributed by atoms with Crippen molar-refractivity contribution in [1.82, 2.24) is 4.90 Å². The van der Waals surface area contributed by atoms with Crippen LogP contribution in [-0.4, -0.2) is 23.1 Å². The maximum Gasteiger partial charge on any atom is 0.0929 e. The first kappa shape index (κ1) is 18.4. The Hall–Kier alpha value is -2.42. The Balaban J connectivity index is 1.46. The lowest BCUT2D eigenvalue weighted by atomic mass is 9.71. The molecular formula is C28H29NO. The molecule has 2 heterocycles. The van der Waals surface area contributed by atoms with E-state index in [0.29, 0.717) is 12.0 Å². The minimum Gasteiger partial charge on any atom is -0.385 e. The molecule has 3 aromatic rings. The van der Waals surface area contributed by atoms with Crippen molar-refractivity contribution in [2.45, 2.75) is 50.2 Å². The van der Waals surface area contributed by atoms with Crippen LogP contribution in [0.5, 0.6) is 0 Å². The third-order valence-electron chi connectivity index (χ3n) is 7.88. The Labute approximate surface area is 179 Å². The van der Waals surface area contributed by atoms with Gasteiger partial charge in [0.15, 0.2) is 0 Å². The Bertz CT molecular complexity index is 1120. The second-order valence-corrected chi connectivity index (χ2v) is 9.48. The molecule has 2 aliphatic heterocycles. The van der Waals surface area contributed by atoms with E-state index in [9.17, 15) is 5.11 Å². The van der Waals surface area contributed by atoms with Crippen molar-refractivity contribution >= 4 is 0 Å². The van der Waals surface area contributed by atoms with Gasteiger partial charge in [-0.05, 0) is 65.1 Å². The summed E-state index contributed by atoms with van der Waals surface area (Å²) in [4.78, 5) is 2.64. The van der Waals surface area contributed by atoms with Crippen LogP contribution >= 0.6 is 0 Å². The van der Waals surface area contributed by atoms with Gasteiger partial charge in [-0.15, -0.1) is 0 Å². The predicted molar refractivity (Wildman–Crippen MR) is 121 cm³/mol. The van der Waals surface area contributed by atoms with Crippen molar-refractivity contribution in [2.24, 2.45) is 0 Å². The van der Waals surface area contributed by atoms with Crippen molar-refractivity contribution < 1.29 is 5.11 Å². The van der Waals surface area contributed by atoms with Crippen LogP contribution in [0.2, 0.25) is 0 Å². The van der Waals surface area contributed by atoms with Crippen molar-refractivity contribution in [1.29, 1.82) is 0 Å². The standard InChI is InChI=1S/C28H29NO/c1-19-7-2-5-12-25(19)28(30)15-16-29-18-24-22-10-4-3-8-20(22)13-14-21-9-6-11-23(27(21)24)26(29)17-28/h2-12,24,26,30H,13-18H2,1H3/t24-,26-,28-/m1/s1. The third kappa shape index (κ3) is 2.71.